The van der Waals surface area contributed by atoms with Gasteiger partial charge in [-0.3, -0.25) is 0 Å². The number of aromatic nitrogens is 1. The number of anilines is 1. The summed E-state index contributed by atoms with van der Waals surface area (Å²) in [7, 11) is 0. The van der Waals surface area contributed by atoms with Crippen LogP contribution in [0.4, 0.5) is 15.4 Å². The van der Waals surface area contributed by atoms with Crippen molar-refractivity contribution in [2.75, 3.05) is 4.90 Å². The second-order valence-electron chi connectivity index (χ2n) is 3.63. The number of carbonyl (C=O) groups excluding carboxylic acids is 1. The third-order valence-corrected chi connectivity index (χ3v) is 2.49. The van der Waals surface area contributed by atoms with E-state index in [1.807, 2.05) is 0 Å². The molecule has 6 nitrogen and oxygen atoms in total. The molecular formula is C13H9ClN2O4. The number of amides is 2. The average Bonchev–Trinajstić information content (AvgIpc) is 2.39. The smallest absolute Gasteiger partial charge is 0.430 e. The number of imide groups is 1. The molecule has 1 heterocycles. The zero-order chi connectivity index (χ0) is 14.5. The van der Waals surface area contributed by atoms with Gasteiger partial charge in [-0.25, -0.2) is 14.6 Å². The first-order valence-electron chi connectivity index (χ1n) is 5.49. The second kappa shape index (κ2) is 6.03. The van der Waals surface area contributed by atoms with E-state index in [9.17, 15) is 9.59 Å². The Morgan fingerprint density at radius 1 is 1.20 bits per heavy atom. The monoisotopic (exact) mass is 292 g/mol. The third-order valence-electron chi connectivity index (χ3n) is 2.26. The number of para-hydroxylation sites is 1. The van der Waals surface area contributed by atoms with Gasteiger partial charge in [0.25, 0.3) is 0 Å². The van der Waals surface area contributed by atoms with Gasteiger partial charge < -0.3 is 9.84 Å². The maximum Gasteiger partial charge on any atom is 0.430 e. The summed E-state index contributed by atoms with van der Waals surface area (Å²) in [5.74, 6) is 0.0942. The topological polar surface area (TPSA) is 79.7 Å². The van der Waals surface area contributed by atoms with E-state index < -0.39 is 12.2 Å². The molecule has 7 heteroatoms. The number of rotatable bonds is 2. The van der Waals surface area contributed by atoms with Crippen molar-refractivity contribution in [2.45, 2.75) is 0 Å². The highest BCUT2D eigenvalue weighted by molar-refractivity contribution is 6.31. The van der Waals surface area contributed by atoms with Gasteiger partial charge in [-0.2, -0.15) is 4.90 Å². The highest BCUT2D eigenvalue weighted by Gasteiger charge is 2.26. The minimum atomic E-state index is -1.51. The normalized spacial score (nSPS) is 9.85. The number of nitrogens with zero attached hydrogens (tertiary/aromatic N) is 2. The zero-order valence-corrected chi connectivity index (χ0v) is 10.8. The molecule has 1 N–H and O–H groups in total. The molecule has 2 amide bonds. The maximum atomic E-state index is 11.9. The van der Waals surface area contributed by atoms with Gasteiger partial charge in [0.2, 0.25) is 0 Å². The molecule has 0 atom stereocenters. The zero-order valence-electron chi connectivity index (χ0n) is 10.1. The Hall–Kier alpha value is -2.60. The van der Waals surface area contributed by atoms with Gasteiger partial charge in [0.15, 0.2) is 0 Å². The summed E-state index contributed by atoms with van der Waals surface area (Å²) in [6.07, 6.45) is -1.30. The van der Waals surface area contributed by atoms with Gasteiger partial charge in [0, 0.05) is 17.3 Å². The summed E-state index contributed by atoms with van der Waals surface area (Å²) in [5, 5.41) is 9.37. The Labute approximate surface area is 119 Å². The van der Waals surface area contributed by atoms with Crippen LogP contribution in [0, 0.1) is 0 Å². The summed E-state index contributed by atoms with van der Waals surface area (Å²) >= 11 is 5.75. The highest BCUT2D eigenvalue weighted by atomic mass is 35.5. The molecule has 0 aliphatic rings. The van der Waals surface area contributed by atoms with E-state index in [-0.39, 0.29) is 16.6 Å². The molecule has 0 fully saturated rings. The van der Waals surface area contributed by atoms with Crippen molar-refractivity contribution in [3.8, 4) is 5.75 Å². The van der Waals surface area contributed by atoms with Crippen molar-refractivity contribution >= 4 is 29.6 Å². The van der Waals surface area contributed by atoms with E-state index in [0.717, 1.165) is 0 Å². The Morgan fingerprint density at radius 3 is 2.50 bits per heavy atom. The quantitative estimate of drug-likeness (QED) is 0.917. The van der Waals surface area contributed by atoms with Crippen LogP contribution in [0.2, 0.25) is 5.02 Å². The van der Waals surface area contributed by atoms with Crippen molar-refractivity contribution in [1.82, 2.24) is 4.98 Å². The minimum absolute atomic E-state index is 0.133. The third kappa shape index (κ3) is 3.24. The van der Waals surface area contributed by atoms with Gasteiger partial charge in [-0.05, 0) is 18.2 Å². The lowest BCUT2D eigenvalue weighted by molar-refractivity contribution is 0.187. The largest absolute Gasteiger partial charge is 0.464 e. The fraction of sp³-hybridized carbons (Fsp3) is 0. The van der Waals surface area contributed by atoms with Crippen LogP contribution in [0.5, 0.6) is 5.75 Å². The number of pyridine rings is 1. The Balaban J connectivity index is 2.25. The molecule has 0 aliphatic heterocycles. The van der Waals surface area contributed by atoms with Gasteiger partial charge in [0.05, 0.1) is 0 Å². The molecule has 1 aromatic carbocycles. The minimum Gasteiger partial charge on any atom is -0.464 e. The van der Waals surface area contributed by atoms with Crippen LogP contribution in [0.1, 0.15) is 0 Å². The van der Waals surface area contributed by atoms with Crippen molar-refractivity contribution in [3.05, 3.63) is 53.7 Å². The lowest BCUT2D eigenvalue weighted by Crippen LogP contribution is -2.38. The summed E-state index contributed by atoms with van der Waals surface area (Å²) in [6.45, 7) is 0. The summed E-state index contributed by atoms with van der Waals surface area (Å²) in [6, 6.07) is 10.8. The molecule has 0 spiro atoms. The van der Waals surface area contributed by atoms with Gasteiger partial charge in [-0.15, -0.1) is 0 Å². The lowest BCUT2D eigenvalue weighted by Gasteiger charge is -2.15. The molecule has 1 aromatic heterocycles. The molecular weight excluding hydrogens is 284 g/mol. The Morgan fingerprint density at radius 2 is 1.90 bits per heavy atom. The molecule has 2 rings (SSSR count). The van der Waals surface area contributed by atoms with Crippen molar-refractivity contribution in [3.63, 3.8) is 0 Å². The summed E-state index contributed by atoms with van der Waals surface area (Å²) in [5.41, 5.74) is 0. The molecule has 0 aliphatic carbocycles. The highest BCUT2D eigenvalue weighted by Crippen LogP contribution is 2.19. The predicted molar refractivity (Wildman–Crippen MR) is 72.2 cm³/mol. The first-order valence-corrected chi connectivity index (χ1v) is 5.87. The molecule has 20 heavy (non-hydrogen) atoms. The van der Waals surface area contributed by atoms with Crippen LogP contribution in [0.25, 0.3) is 0 Å². The van der Waals surface area contributed by atoms with E-state index in [1.54, 1.807) is 18.2 Å². The molecule has 0 radical (unpaired) electrons. The Bertz CT molecular complexity index is 633. The number of hydrogen-bond acceptors (Lipinski definition) is 4. The number of benzene rings is 1. The molecule has 0 saturated carbocycles. The first-order chi connectivity index (χ1) is 9.58. The van der Waals surface area contributed by atoms with Gasteiger partial charge >= 0.3 is 12.2 Å². The summed E-state index contributed by atoms with van der Waals surface area (Å²) < 4.78 is 4.96. The standard InChI is InChI=1S/C13H9ClN2O4/c14-9-6-7-15-11(8-9)16(12(17)18)13(19)20-10-4-2-1-3-5-10/h1-8H,(H,17,18). The van der Waals surface area contributed by atoms with Crippen LogP contribution < -0.4 is 9.64 Å². The number of halogens is 1. The second-order valence-corrected chi connectivity index (χ2v) is 4.07. The van der Waals surface area contributed by atoms with Crippen molar-refractivity contribution < 1.29 is 19.4 Å². The lowest BCUT2D eigenvalue weighted by atomic mass is 10.3. The van der Waals surface area contributed by atoms with Crippen LogP contribution in [-0.4, -0.2) is 22.3 Å². The first kappa shape index (κ1) is 13.8. The Kier molecular flexibility index (Phi) is 4.17. The number of carboxylic acid groups (broad SMARTS) is 1. The van der Waals surface area contributed by atoms with E-state index in [2.05, 4.69) is 4.98 Å². The van der Waals surface area contributed by atoms with Crippen LogP contribution in [0.15, 0.2) is 48.7 Å². The van der Waals surface area contributed by atoms with Crippen LogP contribution >= 0.6 is 11.6 Å². The molecule has 0 saturated heterocycles. The molecule has 2 aromatic rings. The van der Waals surface area contributed by atoms with E-state index >= 15 is 0 Å². The fourth-order valence-electron chi connectivity index (χ4n) is 1.42. The predicted octanol–water partition coefficient (Wildman–Crippen LogP) is 3.42. The molecule has 0 bridgehead atoms. The van der Waals surface area contributed by atoms with E-state index in [0.29, 0.717) is 4.90 Å². The molecule has 0 unspecified atom stereocenters. The number of hydrogen-bond donors (Lipinski definition) is 1. The summed E-state index contributed by atoms with van der Waals surface area (Å²) in [4.78, 5) is 27.2. The SMILES string of the molecule is O=C(O)N(C(=O)Oc1ccccc1)c1cc(Cl)ccn1. The van der Waals surface area contributed by atoms with E-state index in [4.69, 9.17) is 21.4 Å². The average molecular weight is 293 g/mol. The number of carbonyl (C=O) groups is 2. The fourth-order valence-corrected chi connectivity index (χ4v) is 1.57. The van der Waals surface area contributed by atoms with Gasteiger partial charge in [-0.1, -0.05) is 29.8 Å². The maximum absolute atomic E-state index is 11.9. The van der Waals surface area contributed by atoms with Crippen LogP contribution in [-0.2, 0) is 0 Å². The molecule has 102 valence electrons. The van der Waals surface area contributed by atoms with Gasteiger partial charge in [0.1, 0.15) is 11.6 Å². The van der Waals surface area contributed by atoms with Crippen LogP contribution in [0.3, 0.4) is 0 Å². The number of ether oxygens (including phenoxy) is 1. The van der Waals surface area contributed by atoms with Crippen molar-refractivity contribution in [2.24, 2.45) is 0 Å². The van der Waals surface area contributed by atoms with Crippen molar-refractivity contribution in [1.29, 1.82) is 0 Å². The van der Waals surface area contributed by atoms with E-state index in [1.165, 1.54) is 30.5 Å².